The van der Waals surface area contributed by atoms with Crippen molar-refractivity contribution in [2.45, 2.75) is 70.9 Å². The van der Waals surface area contributed by atoms with Crippen LogP contribution in [-0.2, 0) is 0 Å². The van der Waals surface area contributed by atoms with Crippen LogP contribution in [0.3, 0.4) is 0 Å². The van der Waals surface area contributed by atoms with Gasteiger partial charge >= 0.3 is 0 Å². The van der Waals surface area contributed by atoms with Crippen molar-refractivity contribution < 1.29 is 0 Å². The molecule has 0 spiro atoms. The Morgan fingerprint density at radius 3 is 2.58 bits per heavy atom. The van der Waals surface area contributed by atoms with Crippen LogP contribution < -0.4 is 5.32 Å². The molecule has 0 aromatic carbocycles. The zero-order chi connectivity index (χ0) is 13.2. The Hall–Kier alpha value is -0.0800. The van der Waals surface area contributed by atoms with E-state index < -0.39 is 0 Å². The van der Waals surface area contributed by atoms with Crippen LogP contribution in [0.4, 0.5) is 0 Å². The van der Waals surface area contributed by atoms with E-state index in [9.17, 15) is 0 Å². The molecule has 0 radical (unpaired) electrons. The lowest BCUT2D eigenvalue weighted by atomic mass is 9.77. The van der Waals surface area contributed by atoms with Crippen molar-refractivity contribution >= 4 is 0 Å². The van der Waals surface area contributed by atoms with Gasteiger partial charge in [-0.3, -0.25) is 4.90 Å². The van der Waals surface area contributed by atoms with E-state index in [1.54, 1.807) is 0 Å². The molecule has 3 unspecified atom stereocenters. The van der Waals surface area contributed by atoms with Gasteiger partial charge < -0.3 is 5.32 Å². The van der Waals surface area contributed by atoms with Gasteiger partial charge in [0.1, 0.15) is 0 Å². The Morgan fingerprint density at radius 1 is 1.05 bits per heavy atom. The Morgan fingerprint density at radius 2 is 1.84 bits per heavy atom. The molecule has 2 nitrogen and oxygen atoms in total. The highest BCUT2D eigenvalue weighted by molar-refractivity contribution is 4.90. The second-order valence-electron chi connectivity index (χ2n) is 7.59. The molecule has 2 aliphatic carbocycles. The fourth-order valence-electron chi connectivity index (χ4n) is 4.32. The van der Waals surface area contributed by atoms with Crippen LogP contribution in [0.1, 0.15) is 58.8 Å². The van der Waals surface area contributed by atoms with Gasteiger partial charge in [0.05, 0.1) is 0 Å². The number of hydrogen-bond donors (Lipinski definition) is 1. The minimum absolute atomic E-state index is 0.869. The van der Waals surface area contributed by atoms with E-state index in [4.69, 9.17) is 0 Å². The van der Waals surface area contributed by atoms with Crippen molar-refractivity contribution in [1.82, 2.24) is 10.2 Å². The first-order valence-corrected chi connectivity index (χ1v) is 8.71. The summed E-state index contributed by atoms with van der Waals surface area (Å²) >= 11 is 0. The molecule has 1 heterocycles. The molecule has 1 saturated heterocycles. The van der Waals surface area contributed by atoms with Gasteiger partial charge in [-0.1, -0.05) is 26.7 Å². The highest BCUT2D eigenvalue weighted by atomic mass is 15.2. The van der Waals surface area contributed by atoms with Crippen molar-refractivity contribution in [2.75, 3.05) is 19.6 Å². The second kappa shape index (κ2) is 6.13. The van der Waals surface area contributed by atoms with Crippen molar-refractivity contribution in [1.29, 1.82) is 0 Å². The molecule has 110 valence electrons. The summed E-state index contributed by atoms with van der Waals surface area (Å²) in [5, 5.41) is 3.73. The standard InChI is InChI=1S/C17H32N2/c1-13(2)16-5-3-4-6-17(16)19-10-9-14(12-19)11-18-15-7-8-15/h13-18H,3-12H2,1-2H3. The van der Waals surface area contributed by atoms with E-state index >= 15 is 0 Å². The van der Waals surface area contributed by atoms with Gasteiger partial charge in [-0.2, -0.15) is 0 Å². The third kappa shape index (κ3) is 3.52. The molecule has 3 rings (SSSR count). The van der Waals surface area contributed by atoms with Gasteiger partial charge in [0.2, 0.25) is 0 Å². The monoisotopic (exact) mass is 264 g/mol. The fourth-order valence-corrected chi connectivity index (χ4v) is 4.32. The maximum atomic E-state index is 3.73. The molecule has 1 aliphatic heterocycles. The normalized spacial score (nSPS) is 37.1. The summed E-state index contributed by atoms with van der Waals surface area (Å²) < 4.78 is 0. The van der Waals surface area contributed by atoms with E-state index in [1.165, 1.54) is 64.6 Å². The number of nitrogens with one attached hydrogen (secondary N) is 1. The SMILES string of the molecule is CC(C)C1CCCCC1N1CCC(CNC2CC2)C1. The Kier molecular flexibility index (Phi) is 4.48. The smallest absolute Gasteiger partial charge is 0.0126 e. The number of hydrogen-bond acceptors (Lipinski definition) is 2. The summed E-state index contributed by atoms with van der Waals surface area (Å²) in [6.45, 7) is 8.88. The third-order valence-electron chi connectivity index (χ3n) is 5.70. The van der Waals surface area contributed by atoms with Gasteiger partial charge in [0.25, 0.3) is 0 Å². The number of rotatable bonds is 5. The first kappa shape index (κ1) is 13.9. The first-order valence-electron chi connectivity index (χ1n) is 8.71. The number of nitrogens with zero attached hydrogens (tertiary/aromatic N) is 1. The van der Waals surface area contributed by atoms with E-state index in [2.05, 4.69) is 24.1 Å². The summed E-state index contributed by atoms with van der Waals surface area (Å²) in [4.78, 5) is 2.85. The van der Waals surface area contributed by atoms with Crippen molar-refractivity contribution in [3.63, 3.8) is 0 Å². The van der Waals surface area contributed by atoms with Crippen molar-refractivity contribution in [3.05, 3.63) is 0 Å². The summed E-state index contributed by atoms with van der Waals surface area (Å²) in [6.07, 6.45) is 10.2. The molecule has 2 heteroatoms. The minimum atomic E-state index is 0.869. The average Bonchev–Trinajstić information content (AvgIpc) is 3.13. The molecular formula is C17H32N2. The fraction of sp³-hybridized carbons (Fsp3) is 1.00. The summed E-state index contributed by atoms with van der Waals surface area (Å²) in [6, 6.07) is 1.78. The van der Waals surface area contributed by atoms with Crippen LogP contribution in [0.25, 0.3) is 0 Å². The van der Waals surface area contributed by atoms with Crippen LogP contribution in [0.2, 0.25) is 0 Å². The molecular weight excluding hydrogens is 232 g/mol. The lowest BCUT2D eigenvalue weighted by Gasteiger charge is -2.40. The molecule has 3 aliphatic rings. The highest BCUT2D eigenvalue weighted by Crippen LogP contribution is 2.36. The molecule has 2 saturated carbocycles. The highest BCUT2D eigenvalue weighted by Gasteiger charge is 2.35. The molecule has 3 fully saturated rings. The Balaban J connectivity index is 1.50. The molecule has 0 aromatic rings. The lowest BCUT2D eigenvalue weighted by Crippen LogP contribution is -2.43. The largest absolute Gasteiger partial charge is 0.314 e. The molecule has 19 heavy (non-hydrogen) atoms. The molecule has 3 atom stereocenters. The van der Waals surface area contributed by atoms with E-state index in [0.29, 0.717) is 0 Å². The van der Waals surface area contributed by atoms with Crippen LogP contribution in [-0.4, -0.2) is 36.6 Å². The first-order chi connectivity index (χ1) is 9.24. The molecule has 1 N–H and O–H groups in total. The maximum absolute atomic E-state index is 3.73. The summed E-state index contributed by atoms with van der Waals surface area (Å²) in [5.74, 6) is 2.76. The Bertz CT molecular complexity index is 285. The van der Waals surface area contributed by atoms with Crippen LogP contribution in [0, 0.1) is 17.8 Å². The van der Waals surface area contributed by atoms with Gasteiger partial charge in [0, 0.05) is 18.6 Å². The summed E-state index contributed by atoms with van der Waals surface area (Å²) in [5.41, 5.74) is 0. The molecule has 0 amide bonds. The maximum Gasteiger partial charge on any atom is 0.0126 e. The van der Waals surface area contributed by atoms with Crippen LogP contribution in [0.15, 0.2) is 0 Å². The van der Waals surface area contributed by atoms with Gasteiger partial charge in [0.15, 0.2) is 0 Å². The van der Waals surface area contributed by atoms with Gasteiger partial charge in [-0.05, 0) is 62.9 Å². The molecule has 0 aromatic heterocycles. The van der Waals surface area contributed by atoms with E-state index in [1.807, 2.05) is 0 Å². The van der Waals surface area contributed by atoms with Gasteiger partial charge in [-0.15, -0.1) is 0 Å². The van der Waals surface area contributed by atoms with Gasteiger partial charge in [-0.25, -0.2) is 0 Å². The Labute approximate surface area is 119 Å². The topological polar surface area (TPSA) is 15.3 Å². The quantitative estimate of drug-likeness (QED) is 0.820. The number of likely N-dealkylation sites (tertiary alicyclic amines) is 1. The minimum Gasteiger partial charge on any atom is -0.314 e. The van der Waals surface area contributed by atoms with E-state index in [0.717, 1.165) is 29.8 Å². The van der Waals surface area contributed by atoms with Crippen LogP contribution >= 0.6 is 0 Å². The third-order valence-corrected chi connectivity index (χ3v) is 5.70. The zero-order valence-electron chi connectivity index (χ0n) is 12.9. The summed E-state index contributed by atoms with van der Waals surface area (Å²) in [7, 11) is 0. The van der Waals surface area contributed by atoms with Crippen molar-refractivity contribution in [2.24, 2.45) is 17.8 Å². The van der Waals surface area contributed by atoms with Crippen molar-refractivity contribution in [3.8, 4) is 0 Å². The molecule has 0 bridgehead atoms. The lowest BCUT2D eigenvalue weighted by molar-refractivity contribution is 0.0955. The zero-order valence-corrected chi connectivity index (χ0v) is 12.9. The van der Waals surface area contributed by atoms with E-state index in [-0.39, 0.29) is 0 Å². The second-order valence-corrected chi connectivity index (χ2v) is 7.59. The average molecular weight is 264 g/mol. The predicted molar refractivity (Wildman–Crippen MR) is 81.3 cm³/mol. The predicted octanol–water partition coefficient (Wildman–Crippen LogP) is 3.28. The van der Waals surface area contributed by atoms with Crippen LogP contribution in [0.5, 0.6) is 0 Å².